The van der Waals surface area contributed by atoms with Gasteiger partial charge in [0.2, 0.25) is 17.6 Å². The average molecular weight is 816 g/mol. The van der Waals surface area contributed by atoms with Crippen LogP contribution in [0.1, 0.15) is 40.2 Å². The smallest absolute Gasteiger partial charge is 0.258 e. The molecule has 0 radical (unpaired) electrons. The van der Waals surface area contributed by atoms with Crippen LogP contribution in [0.15, 0.2) is 84.4 Å². The van der Waals surface area contributed by atoms with Crippen molar-refractivity contribution in [3.05, 3.63) is 135 Å². The van der Waals surface area contributed by atoms with Crippen LogP contribution >= 0.6 is 34.8 Å². The Kier molecular flexibility index (Phi) is 8.52. The second kappa shape index (κ2) is 12.7. The minimum absolute atomic E-state index is 0.0402. The van der Waals surface area contributed by atoms with Crippen molar-refractivity contribution in [2.24, 2.45) is 17.8 Å². The molecule has 2 aliphatic heterocycles. The lowest BCUT2D eigenvalue weighted by Gasteiger charge is -2.50. The number of benzene rings is 4. The number of ketones is 1. The molecule has 8 rings (SSSR count). The second-order valence-corrected chi connectivity index (χ2v) is 15.3. The molecular formula is C39H22Cl3F5N2O6. The van der Waals surface area contributed by atoms with E-state index in [0.717, 1.165) is 17.0 Å². The molecular weight excluding hydrogens is 794 g/mol. The summed E-state index contributed by atoms with van der Waals surface area (Å²) in [5.41, 5.74) is -0.937. The van der Waals surface area contributed by atoms with E-state index in [2.05, 4.69) is 0 Å². The summed E-state index contributed by atoms with van der Waals surface area (Å²) in [5.74, 6) is -22.8. The molecule has 0 spiro atoms. The highest BCUT2D eigenvalue weighted by molar-refractivity contribution is 6.58. The van der Waals surface area contributed by atoms with Gasteiger partial charge >= 0.3 is 0 Å². The number of imide groups is 2. The number of phenols is 1. The minimum Gasteiger partial charge on any atom is -0.508 e. The first-order valence-electron chi connectivity index (χ1n) is 16.6. The van der Waals surface area contributed by atoms with Gasteiger partial charge in [-0.2, -0.15) is 0 Å². The van der Waals surface area contributed by atoms with Crippen LogP contribution in [0.2, 0.25) is 5.02 Å². The van der Waals surface area contributed by atoms with Crippen LogP contribution in [0.4, 0.5) is 33.3 Å². The number of hydrogen-bond acceptors (Lipinski definition) is 6. The number of fused-ring (bicyclic) bond motifs is 4. The number of hydrogen-bond donors (Lipinski definition) is 1. The summed E-state index contributed by atoms with van der Waals surface area (Å²) >= 11 is 20.8. The van der Waals surface area contributed by atoms with Crippen LogP contribution in [0, 0.1) is 46.8 Å². The topological polar surface area (TPSA) is 112 Å². The maximum Gasteiger partial charge on any atom is 0.258 e. The van der Waals surface area contributed by atoms with E-state index in [1.807, 2.05) is 0 Å². The third-order valence-corrected chi connectivity index (χ3v) is 12.7. The summed E-state index contributed by atoms with van der Waals surface area (Å²) < 4.78 is 73.5. The van der Waals surface area contributed by atoms with Crippen molar-refractivity contribution in [1.29, 1.82) is 0 Å². The highest BCUT2D eigenvalue weighted by Crippen LogP contribution is 2.66. The van der Waals surface area contributed by atoms with E-state index in [4.69, 9.17) is 34.8 Å². The summed E-state index contributed by atoms with van der Waals surface area (Å²) in [7, 11) is 0. The lowest BCUT2D eigenvalue weighted by atomic mass is 9.56. The Morgan fingerprint density at radius 2 is 1.33 bits per heavy atom. The maximum atomic E-state index is 15.3. The molecule has 0 unspecified atom stereocenters. The Bertz CT molecular complexity index is 2420. The van der Waals surface area contributed by atoms with Gasteiger partial charge in [-0.1, -0.05) is 59.6 Å². The van der Waals surface area contributed by atoms with Gasteiger partial charge in [0, 0.05) is 22.1 Å². The first-order chi connectivity index (χ1) is 26.0. The number of carbonyl (C=O) groups is 5. The Labute approximate surface area is 322 Å². The van der Waals surface area contributed by atoms with Gasteiger partial charge in [0.1, 0.15) is 11.4 Å². The Morgan fingerprint density at radius 3 is 1.95 bits per heavy atom. The number of aromatic hydroxyl groups is 1. The highest BCUT2D eigenvalue weighted by atomic mass is 35.5. The zero-order chi connectivity index (χ0) is 39.5. The molecule has 0 bridgehead atoms. The number of alkyl halides is 2. The second-order valence-electron chi connectivity index (χ2n) is 13.7. The largest absolute Gasteiger partial charge is 0.508 e. The zero-order valence-electron chi connectivity index (χ0n) is 27.6. The van der Waals surface area contributed by atoms with Gasteiger partial charge in [-0.15, -0.1) is 23.2 Å². The van der Waals surface area contributed by atoms with E-state index in [9.17, 15) is 42.3 Å². The molecule has 280 valence electrons. The third-order valence-electron chi connectivity index (χ3n) is 10.9. The number of halogens is 8. The third kappa shape index (κ3) is 4.98. The molecule has 4 amide bonds. The van der Waals surface area contributed by atoms with Crippen molar-refractivity contribution >= 4 is 75.6 Å². The normalized spacial score (nSPS) is 27.2. The molecule has 4 aromatic rings. The predicted octanol–water partition coefficient (Wildman–Crippen LogP) is 7.74. The molecule has 55 heavy (non-hydrogen) atoms. The fourth-order valence-corrected chi connectivity index (χ4v) is 9.65. The molecule has 1 saturated carbocycles. The van der Waals surface area contributed by atoms with E-state index >= 15 is 8.78 Å². The molecule has 2 heterocycles. The summed E-state index contributed by atoms with van der Waals surface area (Å²) in [6, 6.07) is 17.6. The quantitative estimate of drug-likeness (QED) is 0.0420. The van der Waals surface area contributed by atoms with Crippen molar-refractivity contribution < 1.29 is 51.0 Å². The van der Waals surface area contributed by atoms with Crippen LogP contribution < -0.4 is 9.80 Å². The van der Waals surface area contributed by atoms with Crippen molar-refractivity contribution in [2.75, 3.05) is 9.80 Å². The maximum absolute atomic E-state index is 15.3. The van der Waals surface area contributed by atoms with E-state index in [-0.39, 0.29) is 50.3 Å². The predicted molar refractivity (Wildman–Crippen MR) is 188 cm³/mol. The fourth-order valence-electron chi connectivity index (χ4n) is 8.44. The summed E-state index contributed by atoms with van der Waals surface area (Å²) in [6.07, 6.45) is 0.723. The fraction of sp³-hybridized carbons (Fsp3) is 0.205. The van der Waals surface area contributed by atoms with Crippen molar-refractivity contribution in [3.63, 3.8) is 0 Å². The summed E-state index contributed by atoms with van der Waals surface area (Å²) in [4.78, 5) is 65.3. The number of amides is 4. The molecule has 1 N–H and O–H groups in total. The molecule has 8 nitrogen and oxygen atoms in total. The van der Waals surface area contributed by atoms with Gasteiger partial charge in [0.15, 0.2) is 38.8 Å². The number of allylic oxidation sites excluding steroid dienone is 2. The van der Waals surface area contributed by atoms with Crippen molar-refractivity contribution in [2.45, 2.75) is 28.5 Å². The van der Waals surface area contributed by atoms with E-state index in [1.165, 1.54) is 36.4 Å². The van der Waals surface area contributed by atoms with Crippen LogP contribution in [0.5, 0.6) is 5.75 Å². The number of carbonyl (C=O) groups excluding carboxylic acids is 5. The van der Waals surface area contributed by atoms with Crippen molar-refractivity contribution in [3.8, 4) is 5.75 Å². The molecule has 3 fully saturated rings. The number of rotatable bonds is 5. The Hall–Kier alpha value is -5.11. The zero-order valence-corrected chi connectivity index (χ0v) is 29.9. The van der Waals surface area contributed by atoms with Gasteiger partial charge in [-0.3, -0.25) is 28.9 Å². The monoisotopic (exact) mass is 814 g/mol. The van der Waals surface area contributed by atoms with Crippen LogP contribution in [-0.2, 0) is 19.2 Å². The lowest BCUT2D eigenvalue weighted by Crippen LogP contribution is -2.60. The van der Waals surface area contributed by atoms with Crippen LogP contribution in [0.25, 0.3) is 0 Å². The lowest BCUT2D eigenvalue weighted by molar-refractivity contribution is -0.125. The SMILES string of the molecule is O=C(c1ccccc1)c1ccc(N2C(=O)[C@H]3[C@H](CC=C4[C@H]3C[C@@]3(Cl)C(=O)N(c5c(F)c(F)c(F)c(F)c5F)C(=O)[C@@]3(Cl)[C@H]4c3ccc(O)cc3Cl)C2=O)cc1. The van der Waals surface area contributed by atoms with Gasteiger partial charge in [0.25, 0.3) is 11.8 Å². The van der Waals surface area contributed by atoms with Crippen molar-refractivity contribution in [1.82, 2.24) is 0 Å². The number of anilines is 2. The summed E-state index contributed by atoms with van der Waals surface area (Å²) in [6.45, 7) is 0. The first-order valence-corrected chi connectivity index (χ1v) is 17.7. The number of nitrogens with zero attached hydrogens (tertiary/aromatic N) is 2. The van der Waals surface area contributed by atoms with E-state index in [1.54, 1.807) is 30.3 Å². The molecule has 2 saturated heterocycles. The van der Waals surface area contributed by atoms with Crippen LogP contribution in [-0.4, -0.2) is 44.3 Å². The molecule has 0 aromatic heterocycles. The Morgan fingerprint density at radius 1 is 0.727 bits per heavy atom. The van der Waals surface area contributed by atoms with E-state index in [0.29, 0.717) is 5.56 Å². The van der Waals surface area contributed by atoms with Gasteiger partial charge < -0.3 is 5.11 Å². The Balaban J connectivity index is 1.24. The number of phenolic OH excluding ortho intramolecular Hbond substituents is 1. The minimum atomic E-state index is -2.77. The first kappa shape index (κ1) is 36.8. The molecule has 6 atom stereocenters. The standard InChI is InChI=1S/C39H22Cl3F5N2O6/c40-24-14-19(50)10-11-21(24)26-20-12-13-22-25(35(53)48(34(22)52)18-8-6-17(7-9-18)33(51)16-4-2-1-3-5-16)23(20)15-38(41)36(54)49(37(55)39(26,38)42)32-30(46)28(44)27(43)29(45)31(32)47/h1-12,14,22-23,25-26,50H,13,15H2/t22-,23+,25-,26+,38+,39-/m0/s1. The van der Waals surface area contributed by atoms with Gasteiger partial charge in [-0.05, 0) is 60.7 Å². The molecule has 4 aromatic carbocycles. The highest BCUT2D eigenvalue weighted by Gasteiger charge is 2.77. The molecule has 2 aliphatic carbocycles. The van der Waals surface area contributed by atoms with E-state index < -0.39 is 98.2 Å². The average Bonchev–Trinajstić information content (AvgIpc) is 3.51. The molecule has 16 heteroatoms. The summed E-state index contributed by atoms with van der Waals surface area (Å²) in [5, 5.41) is 9.92. The van der Waals surface area contributed by atoms with Gasteiger partial charge in [0.05, 0.1) is 17.5 Å². The van der Waals surface area contributed by atoms with Crippen LogP contribution in [0.3, 0.4) is 0 Å². The molecule has 4 aliphatic rings. The van der Waals surface area contributed by atoms with Gasteiger partial charge in [-0.25, -0.2) is 26.9 Å².